The molecule has 1 amide bonds. The van der Waals surface area contributed by atoms with Gasteiger partial charge in [-0.05, 0) is 29.2 Å². The van der Waals surface area contributed by atoms with Crippen LogP contribution in [0.5, 0.6) is 0 Å². The van der Waals surface area contributed by atoms with Crippen LogP contribution in [0.4, 0.5) is 10.5 Å². The number of nitrogens with one attached hydrogen (secondary N) is 2. The number of aromatic amines is 1. The van der Waals surface area contributed by atoms with Gasteiger partial charge in [-0.15, -0.1) is 0 Å². The fraction of sp³-hybridized carbons (Fsp3) is 0.143. The van der Waals surface area contributed by atoms with Crippen molar-refractivity contribution in [3.8, 4) is 11.1 Å². The normalized spacial score (nSPS) is 12.3. The molecular formula is C21H18N2O4. The minimum Gasteiger partial charge on any atom is -0.478 e. The lowest BCUT2D eigenvalue weighted by Gasteiger charge is -2.14. The van der Waals surface area contributed by atoms with Crippen molar-refractivity contribution < 1.29 is 19.4 Å². The zero-order valence-corrected chi connectivity index (χ0v) is 14.7. The number of carbonyl (C=O) groups excluding carboxylic acids is 1. The van der Waals surface area contributed by atoms with Crippen molar-refractivity contribution in [1.82, 2.24) is 4.98 Å². The van der Waals surface area contributed by atoms with Crippen LogP contribution in [0.2, 0.25) is 0 Å². The molecule has 0 fully saturated rings. The largest absolute Gasteiger partial charge is 0.478 e. The van der Waals surface area contributed by atoms with Gasteiger partial charge in [0.15, 0.2) is 0 Å². The van der Waals surface area contributed by atoms with Crippen LogP contribution in [0.25, 0.3) is 11.1 Å². The Balaban J connectivity index is 1.51. The van der Waals surface area contributed by atoms with Crippen LogP contribution < -0.4 is 5.32 Å². The first-order valence-electron chi connectivity index (χ1n) is 8.59. The van der Waals surface area contributed by atoms with E-state index in [9.17, 15) is 14.7 Å². The molecule has 1 heterocycles. The SMILES string of the molecule is Cc1[nH]cc(NC(=O)OCC2c3ccccc3-c3ccccc32)c1C(=O)O. The molecular weight excluding hydrogens is 344 g/mol. The number of hydrogen-bond acceptors (Lipinski definition) is 3. The highest BCUT2D eigenvalue weighted by molar-refractivity contribution is 5.99. The maximum Gasteiger partial charge on any atom is 0.411 e. The number of carboxylic acids is 1. The highest BCUT2D eigenvalue weighted by Gasteiger charge is 2.29. The van der Waals surface area contributed by atoms with Gasteiger partial charge in [-0.25, -0.2) is 9.59 Å². The predicted molar refractivity (Wildman–Crippen MR) is 101 cm³/mol. The Hall–Kier alpha value is -3.54. The van der Waals surface area contributed by atoms with Crippen molar-refractivity contribution in [1.29, 1.82) is 0 Å². The topological polar surface area (TPSA) is 91.4 Å². The van der Waals surface area contributed by atoms with Crippen LogP contribution >= 0.6 is 0 Å². The molecule has 0 spiro atoms. The molecule has 6 heteroatoms. The quantitative estimate of drug-likeness (QED) is 0.642. The van der Waals surface area contributed by atoms with E-state index in [4.69, 9.17) is 4.74 Å². The summed E-state index contributed by atoms with van der Waals surface area (Å²) in [6.45, 7) is 1.80. The number of aromatic nitrogens is 1. The summed E-state index contributed by atoms with van der Waals surface area (Å²) in [6, 6.07) is 16.1. The van der Waals surface area contributed by atoms with Gasteiger partial charge < -0.3 is 14.8 Å². The van der Waals surface area contributed by atoms with Gasteiger partial charge in [0.25, 0.3) is 0 Å². The summed E-state index contributed by atoms with van der Waals surface area (Å²) in [7, 11) is 0. The van der Waals surface area contributed by atoms with Crippen molar-refractivity contribution in [2.45, 2.75) is 12.8 Å². The van der Waals surface area contributed by atoms with E-state index in [0.29, 0.717) is 5.69 Å². The second-order valence-electron chi connectivity index (χ2n) is 6.46. The molecule has 2 aromatic carbocycles. The molecule has 136 valence electrons. The average molecular weight is 362 g/mol. The second kappa shape index (κ2) is 6.64. The van der Waals surface area contributed by atoms with E-state index >= 15 is 0 Å². The van der Waals surface area contributed by atoms with Gasteiger partial charge in [-0.2, -0.15) is 0 Å². The maximum atomic E-state index is 12.2. The summed E-state index contributed by atoms with van der Waals surface area (Å²) in [5, 5.41) is 11.8. The van der Waals surface area contributed by atoms with Gasteiger partial charge in [0.05, 0.1) is 5.69 Å². The molecule has 0 aliphatic heterocycles. The first kappa shape index (κ1) is 16.9. The van der Waals surface area contributed by atoms with Gasteiger partial charge in [-0.1, -0.05) is 48.5 Å². The summed E-state index contributed by atoms with van der Waals surface area (Å²) in [4.78, 5) is 26.3. The Bertz CT molecular complexity index is 993. The fourth-order valence-electron chi connectivity index (χ4n) is 3.65. The van der Waals surface area contributed by atoms with E-state index in [1.165, 1.54) is 6.20 Å². The first-order valence-corrected chi connectivity index (χ1v) is 8.59. The zero-order chi connectivity index (χ0) is 19.0. The van der Waals surface area contributed by atoms with E-state index in [1.807, 2.05) is 36.4 Å². The van der Waals surface area contributed by atoms with Crippen molar-refractivity contribution >= 4 is 17.7 Å². The maximum absolute atomic E-state index is 12.2. The molecule has 3 N–H and O–H groups in total. The van der Waals surface area contributed by atoms with Crippen molar-refractivity contribution in [2.75, 3.05) is 11.9 Å². The van der Waals surface area contributed by atoms with Crippen molar-refractivity contribution in [2.24, 2.45) is 0 Å². The Morgan fingerprint density at radius 1 is 1.07 bits per heavy atom. The van der Waals surface area contributed by atoms with Gasteiger partial charge in [0.2, 0.25) is 0 Å². The van der Waals surface area contributed by atoms with E-state index in [2.05, 4.69) is 22.4 Å². The summed E-state index contributed by atoms with van der Waals surface area (Å²) < 4.78 is 5.43. The average Bonchev–Trinajstić information content (AvgIpc) is 3.18. The monoisotopic (exact) mass is 362 g/mol. The molecule has 3 aromatic rings. The van der Waals surface area contributed by atoms with Crippen molar-refractivity contribution in [3.63, 3.8) is 0 Å². The summed E-state index contributed by atoms with van der Waals surface area (Å²) >= 11 is 0. The molecule has 0 atom stereocenters. The highest BCUT2D eigenvalue weighted by Crippen LogP contribution is 2.44. The third-order valence-electron chi connectivity index (χ3n) is 4.87. The minimum absolute atomic E-state index is 0.0310. The molecule has 6 nitrogen and oxygen atoms in total. The Labute approximate surface area is 155 Å². The number of anilines is 1. The van der Waals surface area contributed by atoms with Crippen LogP contribution in [0.1, 0.15) is 33.1 Å². The fourth-order valence-corrected chi connectivity index (χ4v) is 3.65. The lowest BCUT2D eigenvalue weighted by Crippen LogP contribution is -2.18. The third kappa shape index (κ3) is 2.95. The van der Waals surface area contributed by atoms with Gasteiger partial charge in [0.1, 0.15) is 12.2 Å². The number of benzene rings is 2. The first-order chi connectivity index (χ1) is 13.1. The third-order valence-corrected chi connectivity index (χ3v) is 4.87. The molecule has 0 bridgehead atoms. The second-order valence-corrected chi connectivity index (χ2v) is 6.46. The minimum atomic E-state index is -1.11. The van der Waals surface area contributed by atoms with E-state index in [-0.39, 0.29) is 23.8 Å². The van der Waals surface area contributed by atoms with Gasteiger partial charge in [-0.3, -0.25) is 5.32 Å². The van der Waals surface area contributed by atoms with Gasteiger partial charge >= 0.3 is 12.1 Å². The Kier molecular flexibility index (Phi) is 4.16. The number of carboxylic acid groups (broad SMARTS) is 1. The molecule has 0 unspecified atom stereocenters. The molecule has 0 saturated carbocycles. The van der Waals surface area contributed by atoms with E-state index < -0.39 is 12.1 Å². The van der Waals surface area contributed by atoms with Gasteiger partial charge in [0, 0.05) is 17.8 Å². The molecule has 0 saturated heterocycles. The zero-order valence-electron chi connectivity index (χ0n) is 14.7. The lowest BCUT2D eigenvalue weighted by molar-refractivity contribution is 0.0697. The standard InChI is InChI=1S/C21H18N2O4/c1-12-19(20(24)25)18(10-22-12)23-21(26)27-11-17-15-8-4-2-6-13(15)14-7-3-5-9-16(14)17/h2-10,17,22H,11H2,1H3,(H,23,26)(H,24,25). The summed E-state index contributed by atoms with van der Waals surface area (Å²) in [5.41, 5.74) is 5.23. The van der Waals surface area contributed by atoms with Crippen LogP contribution in [0.15, 0.2) is 54.7 Å². The molecule has 27 heavy (non-hydrogen) atoms. The number of hydrogen-bond donors (Lipinski definition) is 3. The number of aromatic carboxylic acids is 1. The Morgan fingerprint density at radius 3 is 2.26 bits per heavy atom. The van der Waals surface area contributed by atoms with Crippen molar-refractivity contribution in [3.05, 3.63) is 77.1 Å². The van der Waals surface area contributed by atoms with Crippen LogP contribution in [0, 0.1) is 6.92 Å². The molecule has 1 aliphatic rings. The number of H-pyrrole nitrogens is 1. The highest BCUT2D eigenvalue weighted by atomic mass is 16.5. The number of rotatable bonds is 4. The summed E-state index contributed by atoms with van der Waals surface area (Å²) in [6.07, 6.45) is 0.763. The number of aryl methyl sites for hydroxylation is 1. The smallest absolute Gasteiger partial charge is 0.411 e. The predicted octanol–water partition coefficient (Wildman–Crippen LogP) is 4.38. The number of fused-ring (bicyclic) bond motifs is 3. The number of carbonyl (C=O) groups is 2. The molecule has 0 radical (unpaired) electrons. The molecule has 1 aromatic heterocycles. The van der Waals surface area contributed by atoms with Crippen LogP contribution in [0.3, 0.4) is 0 Å². The molecule has 4 rings (SSSR count). The number of ether oxygens (including phenoxy) is 1. The van der Waals surface area contributed by atoms with E-state index in [1.54, 1.807) is 6.92 Å². The molecule has 1 aliphatic carbocycles. The van der Waals surface area contributed by atoms with E-state index in [0.717, 1.165) is 22.3 Å². The lowest BCUT2D eigenvalue weighted by atomic mass is 9.98. The summed E-state index contributed by atoms with van der Waals surface area (Å²) in [5.74, 6) is -1.15. The number of amides is 1. The Morgan fingerprint density at radius 2 is 1.67 bits per heavy atom. The van der Waals surface area contributed by atoms with Crippen LogP contribution in [-0.4, -0.2) is 28.8 Å². The van der Waals surface area contributed by atoms with Crippen LogP contribution in [-0.2, 0) is 4.74 Å².